The number of ether oxygens (including phenoxy) is 1. The van der Waals surface area contributed by atoms with Gasteiger partial charge in [0.1, 0.15) is 5.57 Å². The molecule has 0 heterocycles. The van der Waals surface area contributed by atoms with Gasteiger partial charge in [-0.1, -0.05) is 6.58 Å². The van der Waals surface area contributed by atoms with Gasteiger partial charge in [0.2, 0.25) is 0 Å². The topological polar surface area (TPSA) is 26.3 Å². The molecule has 18 heteroatoms. The molecule has 166 valence electrons. The summed E-state index contributed by atoms with van der Waals surface area (Å²) in [5.41, 5.74) is -3.21. The molecule has 0 fully saturated rings. The first-order valence-corrected chi connectivity index (χ1v) is 5.74. The van der Waals surface area contributed by atoms with E-state index in [1.54, 1.807) is 6.58 Å². The Kier molecular flexibility index (Phi) is 6.12. The van der Waals surface area contributed by atoms with E-state index in [-0.39, 0.29) is 0 Å². The molecule has 0 aromatic rings. The number of carbonyl (C=O) groups excluding carboxylic acids is 1. The van der Waals surface area contributed by atoms with Crippen LogP contribution in [0.3, 0.4) is 0 Å². The number of halogens is 16. The second kappa shape index (κ2) is 6.57. The molecule has 0 bridgehead atoms. The lowest BCUT2D eigenvalue weighted by atomic mass is 9.96. The van der Waals surface area contributed by atoms with Crippen LogP contribution in [0, 0.1) is 0 Å². The van der Waals surface area contributed by atoms with E-state index in [9.17, 15) is 75.0 Å². The van der Waals surface area contributed by atoms with Gasteiger partial charge in [-0.25, -0.2) is 4.79 Å². The Balaban J connectivity index is 6.58. The van der Waals surface area contributed by atoms with Crippen LogP contribution in [0.15, 0.2) is 12.2 Å². The lowest BCUT2D eigenvalue weighted by Crippen LogP contribution is -2.72. The van der Waals surface area contributed by atoms with E-state index in [1.165, 1.54) is 0 Å². The molecule has 1 atom stereocenters. The minimum absolute atomic E-state index is 1.63. The molecule has 28 heavy (non-hydrogen) atoms. The summed E-state index contributed by atoms with van der Waals surface area (Å²) in [5, 5.41) is 0. The molecule has 0 aromatic heterocycles. The number of esters is 1. The summed E-state index contributed by atoms with van der Waals surface area (Å²) in [7, 11) is 0. The maximum atomic E-state index is 13.6. The van der Waals surface area contributed by atoms with E-state index >= 15 is 0 Å². The molecule has 0 amide bonds. The SMILES string of the molecule is C=C(C(=O)OC(F)(C(F)(F)F)C(F)(F)C(F)(F)C(F)(F)C(F)(F)F)C(F)(F)F. The molecule has 0 N–H and O–H groups in total. The van der Waals surface area contributed by atoms with Gasteiger partial charge < -0.3 is 4.74 Å². The third kappa shape index (κ3) is 3.81. The van der Waals surface area contributed by atoms with Crippen LogP contribution in [-0.2, 0) is 9.53 Å². The van der Waals surface area contributed by atoms with Crippen LogP contribution in [0.1, 0.15) is 0 Å². The summed E-state index contributed by atoms with van der Waals surface area (Å²) in [4.78, 5) is 10.7. The summed E-state index contributed by atoms with van der Waals surface area (Å²) < 4.78 is 202. The molecule has 0 saturated carbocycles. The molecule has 0 aromatic carbocycles. The maximum Gasteiger partial charge on any atom is 0.467 e. The number of hydrogen-bond donors (Lipinski definition) is 0. The average molecular weight is 458 g/mol. The van der Waals surface area contributed by atoms with Crippen molar-refractivity contribution in [2.45, 2.75) is 42.2 Å². The monoisotopic (exact) mass is 458 g/mol. The lowest BCUT2D eigenvalue weighted by Gasteiger charge is -2.40. The zero-order valence-electron chi connectivity index (χ0n) is 12.1. The van der Waals surface area contributed by atoms with Crippen LogP contribution in [-0.4, -0.2) is 48.1 Å². The summed E-state index contributed by atoms with van der Waals surface area (Å²) in [6.07, 6.45) is -21.5. The van der Waals surface area contributed by atoms with Gasteiger partial charge in [-0.3, -0.25) is 0 Å². The zero-order chi connectivity index (χ0) is 23.4. The van der Waals surface area contributed by atoms with Crippen molar-refractivity contribution >= 4 is 5.97 Å². The van der Waals surface area contributed by atoms with Crippen molar-refractivity contribution in [2.24, 2.45) is 0 Å². The Morgan fingerprint density at radius 1 is 0.571 bits per heavy atom. The second-order valence-electron chi connectivity index (χ2n) is 4.68. The molecule has 0 saturated heterocycles. The first kappa shape index (κ1) is 26.1. The minimum atomic E-state index is -8.30. The fourth-order valence-electron chi connectivity index (χ4n) is 1.18. The van der Waals surface area contributed by atoms with Crippen molar-refractivity contribution in [1.29, 1.82) is 0 Å². The third-order valence-electron chi connectivity index (χ3n) is 2.74. The van der Waals surface area contributed by atoms with Gasteiger partial charge in [-0.15, -0.1) is 0 Å². The van der Waals surface area contributed by atoms with E-state index in [0.29, 0.717) is 0 Å². The van der Waals surface area contributed by atoms with E-state index in [1.807, 2.05) is 4.74 Å². The van der Waals surface area contributed by atoms with Crippen LogP contribution in [0.4, 0.5) is 70.2 Å². The molecule has 1 unspecified atom stereocenters. The Hall–Kier alpha value is -1.91. The van der Waals surface area contributed by atoms with Gasteiger partial charge >= 0.3 is 48.1 Å². The fraction of sp³-hybridized carbons (Fsp3) is 0.700. The molecule has 0 radical (unpaired) electrons. The van der Waals surface area contributed by atoms with E-state index in [2.05, 4.69) is 0 Å². The van der Waals surface area contributed by atoms with Crippen LogP contribution in [0.25, 0.3) is 0 Å². The predicted molar refractivity (Wildman–Crippen MR) is 52.1 cm³/mol. The van der Waals surface area contributed by atoms with Crippen LogP contribution in [0.2, 0.25) is 0 Å². The molecule has 0 aliphatic rings. The molecule has 0 aliphatic heterocycles. The normalized spacial score (nSPS) is 17.1. The van der Waals surface area contributed by atoms with Gasteiger partial charge in [0, 0.05) is 0 Å². The van der Waals surface area contributed by atoms with Crippen LogP contribution >= 0.6 is 0 Å². The third-order valence-corrected chi connectivity index (χ3v) is 2.74. The zero-order valence-corrected chi connectivity index (χ0v) is 12.1. The van der Waals surface area contributed by atoms with E-state index in [0.717, 1.165) is 0 Å². The Morgan fingerprint density at radius 2 is 0.929 bits per heavy atom. The Labute approximate surface area is 141 Å². The molecule has 0 rings (SSSR count). The Bertz CT molecular complexity index is 623. The quantitative estimate of drug-likeness (QED) is 0.316. The molecule has 0 spiro atoms. The summed E-state index contributed by atoms with van der Waals surface area (Å²) in [5.74, 6) is -36.2. The highest BCUT2D eigenvalue weighted by Crippen LogP contribution is 2.60. The number of alkyl halides is 16. The lowest BCUT2D eigenvalue weighted by molar-refractivity contribution is -0.464. The van der Waals surface area contributed by atoms with Gasteiger partial charge in [0.25, 0.3) is 0 Å². The van der Waals surface area contributed by atoms with E-state index < -0.39 is 53.7 Å². The number of carbonyl (C=O) groups is 1. The summed E-state index contributed by atoms with van der Waals surface area (Å²) in [6, 6.07) is 0. The first-order chi connectivity index (χ1) is 11.8. The highest BCUT2D eigenvalue weighted by molar-refractivity contribution is 5.89. The molecular weight excluding hydrogens is 456 g/mol. The average Bonchev–Trinajstić information content (AvgIpc) is 2.41. The smallest absolute Gasteiger partial charge is 0.411 e. The Morgan fingerprint density at radius 3 is 1.18 bits per heavy atom. The highest BCUT2D eigenvalue weighted by Gasteiger charge is 2.92. The van der Waals surface area contributed by atoms with Gasteiger partial charge in [0.15, 0.2) is 0 Å². The van der Waals surface area contributed by atoms with Crippen molar-refractivity contribution < 1.29 is 79.8 Å². The number of hydrogen-bond acceptors (Lipinski definition) is 2. The summed E-state index contributed by atoms with van der Waals surface area (Å²) >= 11 is 0. The van der Waals surface area contributed by atoms with Crippen LogP contribution in [0.5, 0.6) is 0 Å². The fourth-order valence-corrected chi connectivity index (χ4v) is 1.18. The first-order valence-electron chi connectivity index (χ1n) is 5.74. The molecular formula is C10H2F16O2. The summed E-state index contributed by atoms with van der Waals surface area (Å²) in [6.45, 7) is 1.63. The molecule has 0 aliphatic carbocycles. The second-order valence-corrected chi connectivity index (χ2v) is 4.68. The largest absolute Gasteiger partial charge is 0.467 e. The van der Waals surface area contributed by atoms with Crippen molar-refractivity contribution in [3.8, 4) is 0 Å². The van der Waals surface area contributed by atoms with E-state index in [4.69, 9.17) is 0 Å². The van der Waals surface area contributed by atoms with Crippen molar-refractivity contribution in [3.63, 3.8) is 0 Å². The maximum absolute atomic E-state index is 13.6. The molecule has 2 nitrogen and oxygen atoms in total. The van der Waals surface area contributed by atoms with Crippen LogP contribution < -0.4 is 0 Å². The predicted octanol–water partition coefficient (Wildman–Crippen LogP) is 5.34. The standard InChI is InChI=1S/C10H2F16O2/c1-2(4(11,12)13)3(27)28-8(20,10(24,25)26)6(16,17)5(14,15)7(18,19)9(21,22)23/h1H2. The van der Waals surface area contributed by atoms with Crippen molar-refractivity contribution in [2.75, 3.05) is 0 Å². The van der Waals surface area contributed by atoms with Gasteiger partial charge in [-0.05, 0) is 0 Å². The highest BCUT2D eigenvalue weighted by atomic mass is 19.4. The number of rotatable bonds is 5. The van der Waals surface area contributed by atoms with Gasteiger partial charge in [-0.2, -0.15) is 70.2 Å². The van der Waals surface area contributed by atoms with Gasteiger partial charge in [0.05, 0.1) is 0 Å². The minimum Gasteiger partial charge on any atom is -0.411 e. The van der Waals surface area contributed by atoms with Crippen molar-refractivity contribution in [1.82, 2.24) is 0 Å². The van der Waals surface area contributed by atoms with Crippen molar-refractivity contribution in [3.05, 3.63) is 12.2 Å².